The standard InChI is InChI=1S/C13H22N6O/c20-13(18-5-1-2-6-18)8-14-12-4-3-11(7-12)9-19-10-15-16-17-19/h10-12,14H,1-9H2/t11-,12+/m1/s1. The maximum Gasteiger partial charge on any atom is 0.236 e. The van der Waals surface area contributed by atoms with Crippen molar-refractivity contribution in [3.63, 3.8) is 0 Å². The number of likely N-dealkylation sites (tertiary alicyclic amines) is 1. The first-order valence-corrected chi connectivity index (χ1v) is 7.53. The lowest BCUT2D eigenvalue weighted by Gasteiger charge is -2.18. The zero-order valence-corrected chi connectivity index (χ0v) is 11.7. The molecule has 2 fully saturated rings. The molecule has 1 amide bonds. The van der Waals surface area contributed by atoms with Crippen molar-refractivity contribution in [1.82, 2.24) is 30.4 Å². The molecule has 1 aromatic heterocycles. The lowest BCUT2D eigenvalue weighted by Crippen LogP contribution is -2.39. The molecule has 7 heteroatoms. The molecule has 0 bridgehead atoms. The Hall–Kier alpha value is -1.50. The van der Waals surface area contributed by atoms with Gasteiger partial charge in [0.05, 0.1) is 6.54 Å². The van der Waals surface area contributed by atoms with Crippen LogP contribution in [-0.2, 0) is 11.3 Å². The topological polar surface area (TPSA) is 75.9 Å². The first-order chi connectivity index (χ1) is 9.81. The zero-order valence-electron chi connectivity index (χ0n) is 11.7. The number of amides is 1. The van der Waals surface area contributed by atoms with Gasteiger partial charge in [0, 0.05) is 25.7 Å². The van der Waals surface area contributed by atoms with Gasteiger partial charge in [-0.2, -0.15) is 0 Å². The fourth-order valence-corrected chi connectivity index (χ4v) is 3.26. The Balaban J connectivity index is 1.38. The second-order valence-electron chi connectivity index (χ2n) is 5.88. The summed E-state index contributed by atoms with van der Waals surface area (Å²) < 4.78 is 1.79. The van der Waals surface area contributed by atoms with Crippen LogP contribution in [0.1, 0.15) is 32.1 Å². The van der Waals surface area contributed by atoms with E-state index < -0.39 is 0 Å². The van der Waals surface area contributed by atoms with Crippen LogP contribution in [0.25, 0.3) is 0 Å². The molecule has 1 saturated carbocycles. The lowest BCUT2D eigenvalue weighted by molar-refractivity contribution is -0.129. The molecule has 0 aromatic carbocycles. The molecule has 1 aromatic rings. The van der Waals surface area contributed by atoms with Crippen LogP contribution < -0.4 is 5.32 Å². The van der Waals surface area contributed by atoms with Crippen LogP contribution >= 0.6 is 0 Å². The van der Waals surface area contributed by atoms with E-state index in [2.05, 4.69) is 20.8 Å². The third-order valence-electron chi connectivity index (χ3n) is 4.38. The number of nitrogens with zero attached hydrogens (tertiary/aromatic N) is 5. The van der Waals surface area contributed by atoms with Crippen molar-refractivity contribution in [2.24, 2.45) is 5.92 Å². The quantitative estimate of drug-likeness (QED) is 0.824. The second kappa shape index (κ2) is 6.30. The Morgan fingerprint density at radius 3 is 2.90 bits per heavy atom. The van der Waals surface area contributed by atoms with Gasteiger partial charge in [-0.05, 0) is 48.4 Å². The van der Waals surface area contributed by atoms with E-state index in [1.54, 1.807) is 11.0 Å². The third-order valence-corrected chi connectivity index (χ3v) is 4.38. The maximum absolute atomic E-state index is 12.0. The Kier molecular flexibility index (Phi) is 4.25. The molecule has 2 heterocycles. The molecule has 20 heavy (non-hydrogen) atoms. The van der Waals surface area contributed by atoms with Gasteiger partial charge in [0.15, 0.2) is 0 Å². The average molecular weight is 278 g/mol. The van der Waals surface area contributed by atoms with Crippen molar-refractivity contribution in [2.45, 2.75) is 44.7 Å². The Bertz CT molecular complexity index is 428. The molecule has 1 aliphatic carbocycles. The highest BCUT2D eigenvalue weighted by Gasteiger charge is 2.26. The van der Waals surface area contributed by atoms with Crippen molar-refractivity contribution >= 4 is 5.91 Å². The SMILES string of the molecule is O=C(CN[C@H]1CC[C@@H](Cn2cnnn2)C1)N1CCCC1. The number of aromatic nitrogens is 4. The average Bonchev–Trinajstić information content (AvgIpc) is 3.19. The largest absolute Gasteiger partial charge is 0.342 e. The van der Waals surface area contributed by atoms with Gasteiger partial charge in [0.1, 0.15) is 6.33 Å². The van der Waals surface area contributed by atoms with E-state index in [4.69, 9.17) is 0 Å². The molecule has 2 aliphatic rings. The molecule has 110 valence electrons. The second-order valence-corrected chi connectivity index (χ2v) is 5.88. The van der Waals surface area contributed by atoms with Crippen LogP contribution in [0.4, 0.5) is 0 Å². The summed E-state index contributed by atoms with van der Waals surface area (Å²) in [4.78, 5) is 13.9. The summed E-state index contributed by atoms with van der Waals surface area (Å²) in [7, 11) is 0. The Morgan fingerprint density at radius 2 is 2.15 bits per heavy atom. The Labute approximate surface area is 118 Å². The molecule has 0 unspecified atom stereocenters. The van der Waals surface area contributed by atoms with Gasteiger partial charge in [0.2, 0.25) is 5.91 Å². The summed E-state index contributed by atoms with van der Waals surface area (Å²) in [6.07, 6.45) is 7.40. The van der Waals surface area contributed by atoms with Crippen molar-refractivity contribution < 1.29 is 4.79 Å². The number of carbonyl (C=O) groups excluding carboxylic acids is 1. The first-order valence-electron chi connectivity index (χ1n) is 7.53. The van der Waals surface area contributed by atoms with Gasteiger partial charge >= 0.3 is 0 Å². The van der Waals surface area contributed by atoms with Crippen LogP contribution in [0.5, 0.6) is 0 Å². The molecule has 3 rings (SSSR count). The summed E-state index contributed by atoms with van der Waals surface area (Å²) in [6.45, 7) is 3.24. The third kappa shape index (κ3) is 3.33. The van der Waals surface area contributed by atoms with Crippen molar-refractivity contribution in [3.05, 3.63) is 6.33 Å². The highest BCUT2D eigenvalue weighted by molar-refractivity contribution is 5.78. The highest BCUT2D eigenvalue weighted by Crippen LogP contribution is 2.26. The normalized spacial score (nSPS) is 26.3. The number of tetrazole rings is 1. The van der Waals surface area contributed by atoms with E-state index >= 15 is 0 Å². The molecule has 7 nitrogen and oxygen atoms in total. The van der Waals surface area contributed by atoms with E-state index in [0.29, 0.717) is 18.5 Å². The van der Waals surface area contributed by atoms with Gasteiger partial charge in [-0.15, -0.1) is 5.10 Å². The predicted molar refractivity (Wildman–Crippen MR) is 72.8 cm³/mol. The highest BCUT2D eigenvalue weighted by atomic mass is 16.2. The molecule has 0 radical (unpaired) electrons. The van der Waals surface area contributed by atoms with Gasteiger partial charge in [-0.3, -0.25) is 4.79 Å². The number of carbonyl (C=O) groups is 1. The number of hydrogen-bond donors (Lipinski definition) is 1. The summed E-state index contributed by atoms with van der Waals surface area (Å²) in [6, 6.07) is 0.461. The minimum absolute atomic E-state index is 0.256. The van der Waals surface area contributed by atoms with E-state index in [0.717, 1.165) is 45.3 Å². The van der Waals surface area contributed by atoms with E-state index in [9.17, 15) is 4.79 Å². The molecule has 2 atom stereocenters. The minimum Gasteiger partial charge on any atom is -0.342 e. The molecule has 1 saturated heterocycles. The Morgan fingerprint density at radius 1 is 1.30 bits per heavy atom. The van der Waals surface area contributed by atoms with Crippen molar-refractivity contribution in [3.8, 4) is 0 Å². The van der Waals surface area contributed by atoms with Crippen LogP contribution in [-0.4, -0.2) is 56.7 Å². The number of rotatable bonds is 5. The first kappa shape index (κ1) is 13.5. The smallest absolute Gasteiger partial charge is 0.236 e. The molecule has 1 aliphatic heterocycles. The fraction of sp³-hybridized carbons (Fsp3) is 0.846. The van der Waals surface area contributed by atoms with Gasteiger partial charge in [-0.25, -0.2) is 4.68 Å². The summed E-state index contributed by atoms with van der Waals surface area (Å²) >= 11 is 0. The van der Waals surface area contributed by atoms with Gasteiger partial charge < -0.3 is 10.2 Å². The molecule has 1 N–H and O–H groups in total. The van der Waals surface area contributed by atoms with Crippen LogP contribution in [0.3, 0.4) is 0 Å². The number of nitrogens with one attached hydrogen (secondary N) is 1. The maximum atomic E-state index is 12.0. The summed E-state index contributed by atoms with van der Waals surface area (Å²) in [5.41, 5.74) is 0. The fourth-order valence-electron chi connectivity index (χ4n) is 3.26. The molecular formula is C13H22N6O. The van der Waals surface area contributed by atoms with Crippen LogP contribution in [0.15, 0.2) is 6.33 Å². The van der Waals surface area contributed by atoms with Gasteiger partial charge in [-0.1, -0.05) is 0 Å². The van der Waals surface area contributed by atoms with E-state index in [1.807, 2.05) is 4.90 Å². The summed E-state index contributed by atoms with van der Waals surface area (Å²) in [5.74, 6) is 0.865. The van der Waals surface area contributed by atoms with E-state index in [-0.39, 0.29) is 5.91 Å². The van der Waals surface area contributed by atoms with Crippen LogP contribution in [0, 0.1) is 5.92 Å². The lowest BCUT2D eigenvalue weighted by atomic mass is 10.1. The van der Waals surface area contributed by atoms with Gasteiger partial charge in [0.25, 0.3) is 0 Å². The predicted octanol–water partition coefficient (Wildman–Crippen LogP) is 0.0538. The summed E-state index contributed by atoms with van der Waals surface area (Å²) in [5, 5.41) is 14.6. The molecular weight excluding hydrogens is 256 g/mol. The van der Waals surface area contributed by atoms with Crippen molar-refractivity contribution in [2.75, 3.05) is 19.6 Å². The number of hydrogen-bond acceptors (Lipinski definition) is 5. The zero-order chi connectivity index (χ0) is 13.8. The minimum atomic E-state index is 0.256. The van der Waals surface area contributed by atoms with Crippen molar-refractivity contribution in [1.29, 1.82) is 0 Å². The monoisotopic (exact) mass is 278 g/mol. The van der Waals surface area contributed by atoms with E-state index in [1.165, 1.54) is 6.42 Å². The van der Waals surface area contributed by atoms with Crippen LogP contribution in [0.2, 0.25) is 0 Å². The molecule has 0 spiro atoms.